The van der Waals surface area contributed by atoms with Crippen molar-refractivity contribution in [2.24, 2.45) is 0 Å². The van der Waals surface area contributed by atoms with Crippen LogP contribution in [-0.4, -0.2) is 43.2 Å². The monoisotopic (exact) mass is 324 g/mol. The van der Waals surface area contributed by atoms with Crippen LogP contribution in [0.25, 0.3) is 0 Å². The van der Waals surface area contributed by atoms with E-state index in [1.165, 1.54) is 25.3 Å². The number of nitrogens with one attached hydrogen (secondary N) is 1. The van der Waals surface area contributed by atoms with E-state index in [0.29, 0.717) is 18.8 Å². The Morgan fingerprint density at radius 1 is 1.48 bits per heavy atom. The molecule has 1 saturated heterocycles. The number of benzene rings is 1. The van der Waals surface area contributed by atoms with Crippen molar-refractivity contribution in [1.29, 1.82) is 0 Å². The molecular formula is C14H16N2O7. The first-order valence-corrected chi connectivity index (χ1v) is 6.92. The van der Waals surface area contributed by atoms with Crippen LogP contribution in [0, 0.1) is 10.1 Å². The third-order valence-corrected chi connectivity index (χ3v) is 3.21. The summed E-state index contributed by atoms with van der Waals surface area (Å²) in [6.45, 7) is -0.0497. The van der Waals surface area contributed by atoms with Gasteiger partial charge >= 0.3 is 5.97 Å². The SMILES string of the molecule is COc1ccc(NC(=O)COC(=O)[C@H]2CCCO2)c([N+](=O)[O-])c1. The molecule has 1 N–H and O–H groups in total. The smallest absolute Gasteiger partial charge is 0.335 e. The number of methoxy groups -OCH3 is 1. The number of anilines is 1. The fourth-order valence-electron chi connectivity index (χ4n) is 2.07. The number of hydrogen-bond acceptors (Lipinski definition) is 7. The van der Waals surface area contributed by atoms with Gasteiger partial charge in [-0.1, -0.05) is 0 Å². The lowest BCUT2D eigenvalue weighted by Crippen LogP contribution is -2.27. The van der Waals surface area contributed by atoms with Crippen LogP contribution >= 0.6 is 0 Å². The first-order valence-electron chi connectivity index (χ1n) is 6.92. The lowest BCUT2D eigenvalue weighted by Gasteiger charge is -2.10. The summed E-state index contributed by atoms with van der Waals surface area (Å²) in [5, 5.41) is 13.3. The van der Waals surface area contributed by atoms with Gasteiger partial charge in [0.25, 0.3) is 11.6 Å². The summed E-state index contributed by atoms with van der Waals surface area (Å²) in [6.07, 6.45) is 0.687. The van der Waals surface area contributed by atoms with Gasteiger partial charge in [-0.3, -0.25) is 14.9 Å². The molecule has 0 aliphatic carbocycles. The normalized spacial score (nSPS) is 16.7. The summed E-state index contributed by atoms with van der Waals surface area (Å²) in [6, 6.07) is 4.01. The van der Waals surface area contributed by atoms with Gasteiger partial charge in [-0.2, -0.15) is 0 Å². The van der Waals surface area contributed by atoms with E-state index in [9.17, 15) is 19.7 Å². The van der Waals surface area contributed by atoms with Gasteiger partial charge in [0.05, 0.1) is 18.1 Å². The van der Waals surface area contributed by atoms with Crippen molar-refractivity contribution in [1.82, 2.24) is 0 Å². The molecule has 2 rings (SSSR count). The van der Waals surface area contributed by atoms with E-state index in [1.807, 2.05) is 0 Å². The second-order valence-electron chi connectivity index (χ2n) is 4.80. The number of ether oxygens (including phenoxy) is 3. The summed E-state index contributed by atoms with van der Waals surface area (Å²) >= 11 is 0. The Bertz CT molecular complexity index is 611. The minimum atomic E-state index is -0.676. The van der Waals surface area contributed by atoms with Crippen LogP contribution < -0.4 is 10.1 Å². The Kier molecular flexibility index (Phi) is 5.47. The fraction of sp³-hybridized carbons (Fsp3) is 0.429. The zero-order valence-electron chi connectivity index (χ0n) is 12.4. The zero-order chi connectivity index (χ0) is 16.8. The highest BCUT2D eigenvalue weighted by Gasteiger charge is 2.26. The van der Waals surface area contributed by atoms with E-state index >= 15 is 0 Å². The molecule has 124 valence electrons. The molecule has 9 nitrogen and oxygen atoms in total. The molecule has 0 spiro atoms. The van der Waals surface area contributed by atoms with Gasteiger partial charge in [0.15, 0.2) is 12.7 Å². The molecule has 0 unspecified atom stereocenters. The predicted molar refractivity (Wildman–Crippen MR) is 78.2 cm³/mol. The van der Waals surface area contributed by atoms with Crippen LogP contribution in [-0.2, 0) is 19.1 Å². The van der Waals surface area contributed by atoms with E-state index in [1.54, 1.807) is 0 Å². The van der Waals surface area contributed by atoms with Gasteiger partial charge in [-0.15, -0.1) is 0 Å². The quantitative estimate of drug-likeness (QED) is 0.475. The second kappa shape index (κ2) is 7.54. The molecule has 0 bridgehead atoms. The van der Waals surface area contributed by atoms with Crippen molar-refractivity contribution in [2.75, 3.05) is 25.6 Å². The standard InChI is InChI=1S/C14H16N2O7/c1-21-9-4-5-10(11(7-9)16(19)20)15-13(17)8-23-14(18)12-3-2-6-22-12/h4-5,7,12H,2-3,6,8H2,1H3,(H,15,17)/t12-/m1/s1. The number of carbonyl (C=O) groups excluding carboxylic acids is 2. The third-order valence-electron chi connectivity index (χ3n) is 3.21. The van der Waals surface area contributed by atoms with Crippen LogP contribution in [0.15, 0.2) is 18.2 Å². The Morgan fingerprint density at radius 2 is 2.26 bits per heavy atom. The maximum Gasteiger partial charge on any atom is 0.335 e. The maximum atomic E-state index is 11.8. The fourth-order valence-corrected chi connectivity index (χ4v) is 2.07. The van der Waals surface area contributed by atoms with Crippen molar-refractivity contribution in [2.45, 2.75) is 18.9 Å². The molecule has 1 heterocycles. The Morgan fingerprint density at radius 3 is 2.87 bits per heavy atom. The van der Waals surface area contributed by atoms with Crippen molar-refractivity contribution >= 4 is 23.3 Å². The Hall–Kier alpha value is -2.68. The van der Waals surface area contributed by atoms with E-state index < -0.39 is 29.5 Å². The summed E-state index contributed by atoms with van der Waals surface area (Å²) in [7, 11) is 1.38. The molecule has 1 aromatic carbocycles. The highest BCUT2D eigenvalue weighted by molar-refractivity contribution is 5.95. The average molecular weight is 324 g/mol. The molecule has 23 heavy (non-hydrogen) atoms. The Balaban J connectivity index is 1.94. The number of esters is 1. The largest absolute Gasteiger partial charge is 0.496 e. The van der Waals surface area contributed by atoms with Crippen LogP contribution in [0.2, 0.25) is 0 Å². The van der Waals surface area contributed by atoms with Gasteiger partial charge in [-0.05, 0) is 25.0 Å². The highest BCUT2D eigenvalue weighted by Crippen LogP contribution is 2.28. The van der Waals surface area contributed by atoms with Gasteiger partial charge in [-0.25, -0.2) is 4.79 Å². The van der Waals surface area contributed by atoms with Crippen LogP contribution in [0.5, 0.6) is 5.75 Å². The molecule has 1 aliphatic heterocycles. The minimum Gasteiger partial charge on any atom is -0.496 e. The molecule has 1 amide bonds. The number of hydrogen-bond donors (Lipinski definition) is 1. The van der Waals surface area contributed by atoms with Crippen molar-refractivity contribution in [3.05, 3.63) is 28.3 Å². The molecule has 1 atom stereocenters. The Labute approximate surface area is 131 Å². The zero-order valence-corrected chi connectivity index (χ0v) is 12.4. The third kappa shape index (κ3) is 4.39. The number of carbonyl (C=O) groups is 2. The average Bonchev–Trinajstić information content (AvgIpc) is 3.07. The summed E-state index contributed by atoms with van der Waals surface area (Å²) < 4.78 is 14.9. The van der Waals surface area contributed by atoms with Gasteiger partial charge in [0.1, 0.15) is 11.4 Å². The first-order chi connectivity index (χ1) is 11.0. The van der Waals surface area contributed by atoms with Gasteiger partial charge in [0.2, 0.25) is 0 Å². The predicted octanol–water partition coefficient (Wildman–Crippen LogP) is 1.26. The first kappa shape index (κ1) is 16.7. The van der Waals surface area contributed by atoms with E-state index in [-0.39, 0.29) is 11.4 Å². The van der Waals surface area contributed by atoms with Gasteiger partial charge < -0.3 is 19.5 Å². The number of nitrogens with zero attached hydrogens (tertiary/aromatic N) is 1. The summed E-state index contributed by atoms with van der Waals surface area (Å²) in [5.41, 5.74) is -0.322. The summed E-state index contributed by atoms with van der Waals surface area (Å²) in [5.74, 6) is -0.994. The second-order valence-corrected chi connectivity index (χ2v) is 4.80. The van der Waals surface area contributed by atoms with Crippen molar-refractivity contribution in [3.8, 4) is 5.75 Å². The summed E-state index contributed by atoms with van der Waals surface area (Å²) in [4.78, 5) is 33.8. The number of amides is 1. The van der Waals surface area contributed by atoms with Crippen LogP contribution in [0.3, 0.4) is 0 Å². The molecule has 0 radical (unpaired) electrons. The van der Waals surface area contributed by atoms with Gasteiger partial charge in [0, 0.05) is 6.61 Å². The van der Waals surface area contributed by atoms with Crippen LogP contribution in [0.4, 0.5) is 11.4 Å². The van der Waals surface area contributed by atoms with Crippen LogP contribution in [0.1, 0.15) is 12.8 Å². The molecule has 0 aromatic heterocycles. The van der Waals surface area contributed by atoms with Crippen molar-refractivity contribution < 1.29 is 28.7 Å². The maximum absolute atomic E-state index is 11.8. The number of nitro groups is 1. The van der Waals surface area contributed by atoms with E-state index in [0.717, 1.165) is 6.42 Å². The molecule has 0 saturated carbocycles. The van der Waals surface area contributed by atoms with Crippen molar-refractivity contribution in [3.63, 3.8) is 0 Å². The number of nitro benzene ring substituents is 1. The molecule has 9 heteroatoms. The lowest BCUT2D eigenvalue weighted by atomic mass is 10.2. The number of rotatable bonds is 6. The van der Waals surface area contributed by atoms with E-state index in [2.05, 4.69) is 5.32 Å². The molecule has 1 fully saturated rings. The van der Waals surface area contributed by atoms with E-state index in [4.69, 9.17) is 14.2 Å². The highest BCUT2D eigenvalue weighted by atomic mass is 16.6. The molecule has 1 aromatic rings. The lowest BCUT2D eigenvalue weighted by molar-refractivity contribution is -0.384. The topological polar surface area (TPSA) is 117 Å². The molecular weight excluding hydrogens is 308 g/mol. The minimum absolute atomic E-state index is 0.00559. The molecule has 1 aliphatic rings.